The number of rotatable bonds is 31. The van der Waals surface area contributed by atoms with Crippen LogP contribution in [0, 0.1) is 5.92 Å². The number of nitrogens with two attached hydrogens (primary N) is 3. The van der Waals surface area contributed by atoms with Gasteiger partial charge in [0, 0.05) is 43.5 Å². The molecule has 0 aromatic rings. The van der Waals surface area contributed by atoms with Crippen molar-refractivity contribution in [3.8, 4) is 0 Å². The molecular formula is C33H65N8O13PS. The smallest absolute Gasteiger partial charge is 0.242 e. The van der Waals surface area contributed by atoms with Crippen molar-refractivity contribution in [2.24, 2.45) is 23.6 Å². The lowest BCUT2D eigenvalue weighted by Gasteiger charge is -2.35. The number of amides is 5. The minimum absolute atomic E-state index is 0.0317. The largest absolute Gasteiger partial charge is 0.377 e. The average Bonchev–Trinajstić information content (AvgIpc) is 3.15. The van der Waals surface area contributed by atoms with E-state index in [9.17, 15) is 28.9 Å². The topological polar surface area (TPSA) is 308 Å². The molecule has 0 saturated heterocycles. The molecule has 3 unspecified atom stereocenters. The summed E-state index contributed by atoms with van der Waals surface area (Å²) in [5.41, 5.74) is 0. The summed E-state index contributed by atoms with van der Waals surface area (Å²) in [6, 6.07) is -2.19. The van der Waals surface area contributed by atoms with Crippen LogP contribution < -0.4 is 44.3 Å². The van der Waals surface area contributed by atoms with Crippen molar-refractivity contribution < 1.29 is 62.1 Å². The Morgan fingerprint density at radius 1 is 0.661 bits per heavy atom. The van der Waals surface area contributed by atoms with Crippen LogP contribution in [0.25, 0.3) is 0 Å². The molecule has 0 aromatic heterocycles. The van der Waals surface area contributed by atoms with E-state index in [1.54, 1.807) is 0 Å². The molecule has 0 bridgehead atoms. The molecule has 1 aliphatic carbocycles. The molecule has 56 heavy (non-hydrogen) atoms. The first kappa shape index (κ1) is 51.6. The second-order valence-electron chi connectivity index (χ2n) is 13.9. The summed E-state index contributed by atoms with van der Waals surface area (Å²) < 4.78 is 21.8. The molecule has 3 atom stereocenters. The molecule has 0 radical (unpaired) electrons. The number of hydrogen-bond acceptors (Lipinski definition) is 16. The molecule has 1 fully saturated rings. The molecule has 1 aliphatic rings. The highest BCUT2D eigenvalue weighted by molar-refractivity contribution is 8.10. The molecule has 0 aromatic carbocycles. The SMILES string of the molecule is CC(C)(C)P(O)(=S)OC1CCC(C(=O)NC(CCC(=O)NC(CCC(=O)NCCOCCON)C(=O)NCCOCCON)C(=O)NCCOCCON)CC1. The Morgan fingerprint density at radius 3 is 1.54 bits per heavy atom. The average molecular weight is 845 g/mol. The van der Waals surface area contributed by atoms with Gasteiger partial charge >= 0.3 is 0 Å². The summed E-state index contributed by atoms with van der Waals surface area (Å²) >= 11 is 5.38. The van der Waals surface area contributed by atoms with E-state index in [0.29, 0.717) is 25.7 Å². The minimum atomic E-state index is -3.06. The Bertz CT molecular complexity index is 1210. The van der Waals surface area contributed by atoms with Gasteiger partial charge in [-0.15, -0.1) is 0 Å². The first-order valence-corrected chi connectivity index (χ1v) is 21.4. The fourth-order valence-electron chi connectivity index (χ4n) is 5.15. The first-order chi connectivity index (χ1) is 26.6. The molecule has 1 rings (SSSR count). The Kier molecular flexibility index (Phi) is 27.4. The highest BCUT2D eigenvalue weighted by atomic mass is 32.5. The van der Waals surface area contributed by atoms with Crippen LogP contribution in [0.3, 0.4) is 0 Å². The minimum Gasteiger partial charge on any atom is -0.377 e. The van der Waals surface area contributed by atoms with Crippen LogP contribution in [0.15, 0.2) is 0 Å². The number of carbonyl (C=O) groups excluding carboxylic acids is 5. The summed E-state index contributed by atoms with van der Waals surface area (Å²) in [4.78, 5) is 89.5. The van der Waals surface area contributed by atoms with Crippen molar-refractivity contribution in [1.82, 2.24) is 26.6 Å². The molecule has 1 saturated carbocycles. The zero-order valence-electron chi connectivity index (χ0n) is 32.9. The summed E-state index contributed by atoms with van der Waals surface area (Å²) in [5, 5.41) is 12.9. The van der Waals surface area contributed by atoms with E-state index in [2.05, 4.69) is 41.1 Å². The highest BCUT2D eigenvalue weighted by Gasteiger charge is 2.37. The maximum atomic E-state index is 13.4. The predicted octanol–water partition coefficient (Wildman–Crippen LogP) is -1.74. The maximum Gasteiger partial charge on any atom is 0.242 e. The lowest BCUT2D eigenvalue weighted by atomic mass is 9.86. The van der Waals surface area contributed by atoms with E-state index >= 15 is 0 Å². The van der Waals surface area contributed by atoms with Crippen LogP contribution >= 0.6 is 6.49 Å². The summed E-state index contributed by atoms with van der Waals surface area (Å²) in [7, 11) is 0. The van der Waals surface area contributed by atoms with Crippen molar-refractivity contribution in [2.75, 3.05) is 79.1 Å². The van der Waals surface area contributed by atoms with Crippen molar-refractivity contribution in [1.29, 1.82) is 0 Å². The van der Waals surface area contributed by atoms with E-state index in [1.807, 2.05) is 20.8 Å². The van der Waals surface area contributed by atoms with Crippen LogP contribution in [0.2, 0.25) is 0 Å². The molecule has 0 heterocycles. The predicted molar refractivity (Wildman–Crippen MR) is 207 cm³/mol. The fourth-order valence-corrected chi connectivity index (χ4v) is 6.45. The first-order valence-electron chi connectivity index (χ1n) is 18.8. The number of ether oxygens (including phenoxy) is 3. The molecule has 23 heteroatoms. The normalized spacial score (nSPS) is 17.9. The Labute approximate surface area is 334 Å². The number of hydrogen-bond donors (Lipinski definition) is 9. The second-order valence-corrected chi connectivity index (χ2v) is 18.0. The Balaban J connectivity index is 2.89. The third-order valence-corrected chi connectivity index (χ3v) is 12.7. The van der Waals surface area contributed by atoms with Crippen LogP contribution in [0.1, 0.15) is 72.1 Å². The van der Waals surface area contributed by atoms with Gasteiger partial charge in [-0.1, -0.05) is 20.8 Å². The molecule has 21 nitrogen and oxygen atoms in total. The number of carbonyl (C=O) groups is 5. The molecular weight excluding hydrogens is 779 g/mol. The van der Waals surface area contributed by atoms with Crippen LogP contribution in [0.4, 0.5) is 0 Å². The summed E-state index contributed by atoms with van der Waals surface area (Å²) in [5.74, 6) is 12.1. The van der Waals surface area contributed by atoms with Gasteiger partial charge in [-0.2, -0.15) is 0 Å². The third kappa shape index (κ3) is 23.1. The standard InChI is InChI=1S/C33H65N8O13PS/c1-33(2,3)55(47,56)54-25-6-4-24(5-7-25)30(44)41-27(32(46)39-14-17-50-20-23-53-36)9-11-29(43)40-26(31(45)38-13-16-49-19-22-52-35)8-10-28(42)37-12-15-48-18-21-51-34/h24-27H,4-23,34-36H2,1-3H3,(H,37,42)(H,38,45)(H,39,46)(H,40,43)(H,41,44)(H,47,56). The Morgan fingerprint density at radius 2 is 1.09 bits per heavy atom. The summed E-state index contributed by atoms with van der Waals surface area (Å²) in [6.45, 7) is 4.61. The quantitative estimate of drug-likeness (QED) is 0.0213. The van der Waals surface area contributed by atoms with E-state index in [1.165, 1.54) is 0 Å². The lowest BCUT2D eigenvalue weighted by molar-refractivity contribution is -0.133. The zero-order chi connectivity index (χ0) is 41.8. The van der Waals surface area contributed by atoms with E-state index in [-0.39, 0.29) is 123 Å². The van der Waals surface area contributed by atoms with Gasteiger partial charge in [0.1, 0.15) is 12.1 Å². The monoisotopic (exact) mass is 844 g/mol. The highest BCUT2D eigenvalue weighted by Crippen LogP contribution is 2.57. The van der Waals surface area contributed by atoms with Crippen LogP contribution in [-0.4, -0.2) is 137 Å². The van der Waals surface area contributed by atoms with Gasteiger partial charge in [0.2, 0.25) is 29.5 Å². The van der Waals surface area contributed by atoms with Gasteiger partial charge in [-0.25, -0.2) is 17.7 Å². The second kappa shape index (κ2) is 29.7. The molecule has 12 N–H and O–H groups in total. The van der Waals surface area contributed by atoms with E-state index in [4.69, 9.17) is 48.2 Å². The Hall–Kier alpha value is -2.44. The maximum absolute atomic E-state index is 13.4. The van der Waals surface area contributed by atoms with Crippen molar-refractivity contribution in [3.05, 3.63) is 0 Å². The zero-order valence-corrected chi connectivity index (χ0v) is 34.6. The molecule has 0 aliphatic heterocycles. The van der Waals surface area contributed by atoms with Crippen molar-refractivity contribution in [2.45, 2.75) is 95.5 Å². The lowest BCUT2D eigenvalue weighted by Crippen LogP contribution is -2.51. The van der Waals surface area contributed by atoms with Crippen LogP contribution in [-0.2, 0) is 69.0 Å². The summed E-state index contributed by atoms with van der Waals surface area (Å²) in [6.07, 6.45) is 1.18. The van der Waals surface area contributed by atoms with Crippen molar-refractivity contribution >= 4 is 47.8 Å². The van der Waals surface area contributed by atoms with Gasteiger partial charge in [0.15, 0.2) is 6.49 Å². The third-order valence-electron chi connectivity index (χ3n) is 8.49. The molecule has 326 valence electrons. The molecule has 5 amide bonds. The van der Waals surface area contributed by atoms with E-state index < -0.39 is 47.4 Å². The number of nitrogens with one attached hydrogen (secondary N) is 5. The van der Waals surface area contributed by atoms with E-state index in [0.717, 1.165) is 0 Å². The van der Waals surface area contributed by atoms with Crippen LogP contribution in [0.5, 0.6) is 0 Å². The van der Waals surface area contributed by atoms with Crippen molar-refractivity contribution in [3.63, 3.8) is 0 Å². The van der Waals surface area contributed by atoms with Gasteiger partial charge < -0.3 is 64.7 Å². The van der Waals surface area contributed by atoms with Gasteiger partial charge in [-0.05, 0) is 50.3 Å². The van der Waals surface area contributed by atoms with Gasteiger partial charge in [0.25, 0.3) is 0 Å². The van der Waals surface area contributed by atoms with Gasteiger partial charge in [-0.3, -0.25) is 24.0 Å². The fraction of sp³-hybridized carbons (Fsp3) is 0.848. The van der Waals surface area contributed by atoms with Gasteiger partial charge in [0.05, 0.1) is 65.6 Å². The molecule has 0 spiro atoms.